The molecule has 5 rings (SSSR count). The van der Waals surface area contributed by atoms with Crippen LogP contribution in [0, 0.1) is 0 Å². The van der Waals surface area contributed by atoms with E-state index in [1.54, 1.807) is 0 Å². The van der Waals surface area contributed by atoms with E-state index in [1.807, 2.05) is 6.07 Å². The van der Waals surface area contributed by atoms with Crippen LogP contribution in [0.1, 0.15) is 41.2 Å². The Labute approximate surface area is 164 Å². The normalized spacial score (nSPS) is 17.1. The summed E-state index contributed by atoms with van der Waals surface area (Å²) in [7, 11) is 0. The minimum absolute atomic E-state index is 0.485. The Balaban J connectivity index is 1.23. The van der Waals surface area contributed by atoms with Crippen LogP contribution < -0.4 is 0 Å². The highest BCUT2D eigenvalue weighted by Crippen LogP contribution is 2.42. The molecule has 1 aromatic heterocycles. The molecule has 0 unspecified atom stereocenters. The van der Waals surface area contributed by atoms with Crippen molar-refractivity contribution in [2.24, 2.45) is 0 Å². The Hall–Kier alpha value is -2.10. The van der Waals surface area contributed by atoms with Crippen LogP contribution in [0.15, 0.2) is 53.1 Å². The number of rotatable bonds is 4. The zero-order valence-corrected chi connectivity index (χ0v) is 16.1. The Kier molecular flexibility index (Phi) is 4.50. The number of likely N-dealkylation sites (tertiary alicyclic amines) is 1. The van der Waals surface area contributed by atoms with Gasteiger partial charge >= 0.3 is 0 Å². The SMILES string of the molecule is Clc1ccc2c(c1)Cc1c-2noc1C1CCN(CCc2ccccc2)CC1. The predicted molar refractivity (Wildman–Crippen MR) is 108 cm³/mol. The average molecular weight is 379 g/mol. The minimum atomic E-state index is 0.485. The summed E-state index contributed by atoms with van der Waals surface area (Å²) in [5.41, 5.74) is 6.20. The third kappa shape index (κ3) is 3.30. The van der Waals surface area contributed by atoms with Gasteiger partial charge in [-0.2, -0.15) is 0 Å². The van der Waals surface area contributed by atoms with Crippen LogP contribution in [0.25, 0.3) is 11.3 Å². The molecule has 2 aromatic carbocycles. The molecular formula is C23H23ClN2O. The van der Waals surface area contributed by atoms with Crippen LogP contribution in [0.5, 0.6) is 0 Å². The molecule has 1 aliphatic carbocycles. The lowest BCUT2D eigenvalue weighted by Gasteiger charge is -2.31. The molecule has 0 N–H and O–H groups in total. The fourth-order valence-electron chi connectivity index (χ4n) is 4.51. The summed E-state index contributed by atoms with van der Waals surface area (Å²) < 4.78 is 5.83. The van der Waals surface area contributed by atoms with E-state index in [0.29, 0.717) is 5.92 Å². The van der Waals surface area contributed by atoms with Crippen LogP contribution in [0.3, 0.4) is 0 Å². The molecule has 0 atom stereocenters. The molecule has 0 spiro atoms. The van der Waals surface area contributed by atoms with Gasteiger partial charge in [0.15, 0.2) is 0 Å². The fourth-order valence-corrected chi connectivity index (χ4v) is 4.70. The van der Waals surface area contributed by atoms with Gasteiger partial charge in [0.1, 0.15) is 11.5 Å². The van der Waals surface area contributed by atoms with Crippen molar-refractivity contribution in [3.8, 4) is 11.3 Å². The number of piperidine rings is 1. The van der Waals surface area contributed by atoms with E-state index < -0.39 is 0 Å². The van der Waals surface area contributed by atoms with Crippen LogP contribution in [-0.2, 0) is 12.8 Å². The maximum Gasteiger partial charge on any atom is 0.144 e. The number of hydrogen-bond donors (Lipinski definition) is 0. The average Bonchev–Trinajstić information content (AvgIpc) is 3.26. The first-order valence-electron chi connectivity index (χ1n) is 9.81. The van der Waals surface area contributed by atoms with Crippen LogP contribution in [0.4, 0.5) is 0 Å². The van der Waals surface area contributed by atoms with Crippen LogP contribution >= 0.6 is 11.6 Å². The Morgan fingerprint density at radius 2 is 1.89 bits per heavy atom. The Bertz CT molecular complexity index is 942. The van der Waals surface area contributed by atoms with E-state index in [1.165, 1.54) is 22.3 Å². The van der Waals surface area contributed by atoms with Crippen molar-refractivity contribution in [1.82, 2.24) is 10.1 Å². The molecule has 3 nitrogen and oxygen atoms in total. The molecule has 3 aromatic rings. The van der Waals surface area contributed by atoms with E-state index >= 15 is 0 Å². The quantitative estimate of drug-likeness (QED) is 0.481. The van der Waals surface area contributed by atoms with Crippen LogP contribution in [0.2, 0.25) is 5.02 Å². The van der Waals surface area contributed by atoms with E-state index in [9.17, 15) is 0 Å². The first kappa shape index (κ1) is 17.0. The smallest absolute Gasteiger partial charge is 0.144 e. The van der Waals surface area contributed by atoms with Gasteiger partial charge in [-0.15, -0.1) is 0 Å². The van der Waals surface area contributed by atoms with Crippen molar-refractivity contribution in [2.75, 3.05) is 19.6 Å². The van der Waals surface area contributed by atoms with Gasteiger partial charge in [0.25, 0.3) is 0 Å². The standard InChI is InChI=1S/C23H23ClN2O/c24-19-6-7-20-18(14-19)15-21-22(20)25-27-23(21)17-9-12-26(13-10-17)11-8-16-4-2-1-3-5-16/h1-7,14,17H,8-13,15H2. The van der Waals surface area contributed by atoms with Crippen molar-refractivity contribution in [2.45, 2.75) is 31.6 Å². The van der Waals surface area contributed by atoms with Gasteiger partial charge in [-0.1, -0.05) is 53.2 Å². The number of halogens is 1. The number of nitrogens with zero attached hydrogens (tertiary/aromatic N) is 2. The van der Waals surface area contributed by atoms with E-state index in [-0.39, 0.29) is 0 Å². The molecule has 2 aliphatic rings. The van der Waals surface area contributed by atoms with E-state index in [0.717, 1.165) is 61.8 Å². The molecule has 0 bridgehead atoms. The zero-order chi connectivity index (χ0) is 18.2. The maximum atomic E-state index is 6.16. The summed E-state index contributed by atoms with van der Waals surface area (Å²) in [5.74, 6) is 1.60. The molecule has 0 radical (unpaired) electrons. The van der Waals surface area contributed by atoms with Crippen molar-refractivity contribution in [1.29, 1.82) is 0 Å². The number of hydrogen-bond acceptors (Lipinski definition) is 3. The van der Waals surface area contributed by atoms with Gasteiger partial charge in [0, 0.05) is 35.0 Å². The summed E-state index contributed by atoms with van der Waals surface area (Å²) in [4.78, 5) is 2.58. The summed E-state index contributed by atoms with van der Waals surface area (Å²) in [6, 6.07) is 16.8. The van der Waals surface area contributed by atoms with Gasteiger partial charge in [-0.05, 0) is 55.6 Å². The molecule has 1 fully saturated rings. The molecular weight excluding hydrogens is 356 g/mol. The first-order chi connectivity index (χ1) is 13.3. The Morgan fingerprint density at radius 3 is 2.70 bits per heavy atom. The summed E-state index contributed by atoms with van der Waals surface area (Å²) in [6.45, 7) is 3.40. The topological polar surface area (TPSA) is 29.3 Å². The number of fused-ring (bicyclic) bond motifs is 3. The highest BCUT2D eigenvalue weighted by atomic mass is 35.5. The monoisotopic (exact) mass is 378 g/mol. The van der Waals surface area contributed by atoms with Crippen molar-refractivity contribution in [3.05, 3.63) is 76.0 Å². The fraction of sp³-hybridized carbons (Fsp3) is 0.348. The second-order valence-corrected chi connectivity index (χ2v) is 8.14. The third-order valence-electron chi connectivity index (χ3n) is 6.03. The van der Waals surface area contributed by atoms with Crippen LogP contribution in [-0.4, -0.2) is 29.7 Å². The van der Waals surface area contributed by atoms with Gasteiger partial charge in [-0.3, -0.25) is 0 Å². The highest BCUT2D eigenvalue weighted by molar-refractivity contribution is 6.30. The lowest BCUT2D eigenvalue weighted by atomic mass is 9.91. The van der Waals surface area contributed by atoms with Crippen molar-refractivity contribution >= 4 is 11.6 Å². The lowest BCUT2D eigenvalue weighted by Crippen LogP contribution is -2.34. The molecule has 138 valence electrons. The van der Waals surface area contributed by atoms with Gasteiger partial charge in [0.2, 0.25) is 0 Å². The van der Waals surface area contributed by atoms with E-state index in [2.05, 4.69) is 52.5 Å². The lowest BCUT2D eigenvalue weighted by molar-refractivity contribution is 0.198. The van der Waals surface area contributed by atoms with Crippen molar-refractivity contribution < 1.29 is 4.52 Å². The van der Waals surface area contributed by atoms with Gasteiger partial charge in [-0.25, -0.2) is 0 Å². The summed E-state index contributed by atoms with van der Waals surface area (Å²) in [6.07, 6.45) is 4.32. The first-order valence-corrected chi connectivity index (χ1v) is 10.2. The second kappa shape index (κ2) is 7.14. The molecule has 0 amide bonds. The number of benzene rings is 2. The summed E-state index contributed by atoms with van der Waals surface area (Å²) >= 11 is 6.16. The number of aromatic nitrogens is 1. The Morgan fingerprint density at radius 1 is 1.07 bits per heavy atom. The predicted octanol–water partition coefficient (Wildman–Crippen LogP) is 5.32. The molecule has 1 aliphatic heterocycles. The zero-order valence-electron chi connectivity index (χ0n) is 15.3. The molecule has 27 heavy (non-hydrogen) atoms. The molecule has 2 heterocycles. The maximum absolute atomic E-state index is 6.16. The van der Waals surface area contributed by atoms with Crippen molar-refractivity contribution in [3.63, 3.8) is 0 Å². The second-order valence-electron chi connectivity index (χ2n) is 7.70. The summed E-state index contributed by atoms with van der Waals surface area (Å²) in [5, 5.41) is 5.20. The van der Waals surface area contributed by atoms with E-state index in [4.69, 9.17) is 16.1 Å². The minimum Gasteiger partial charge on any atom is -0.360 e. The molecule has 0 saturated carbocycles. The van der Waals surface area contributed by atoms with Gasteiger partial charge < -0.3 is 9.42 Å². The molecule has 1 saturated heterocycles. The third-order valence-corrected chi connectivity index (χ3v) is 6.26. The molecule has 4 heteroatoms. The largest absolute Gasteiger partial charge is 0.360 e. The highest BCUT2D eigenvalue weighted by Gasteiger charge is 2.32. The van der Waals surface area contributed by atoms with Gasteiger partial charge in [0.05, 0.1) is 0 Å².